The Kier molecular flexibility index (Phi) is 2.27. The van der Waals surface area contributed by atoms with Gasteiger partial charge < -0.3 is 9.47 Å². The Labute approximate surface area is 60.3 Å². The number of hydrogen-bond donors (Lipinski definition) is 0. The van der Waals surface area contributed by atoms with Gasteiger partial charge in [-0.1, -0.05) is 6.92 Å². The third-order valence-electron chi connectivity index (χ3n) is 1.46. The molecule has 3 nitrogen and oxygen atoms in total. The lowest BCUT2D eigenvalue weighted by Gasteiger charge is -2.07. The molecule has 0 aliphatic carbocycles. The van der Waals surface area contributed by atoms with Crippen LogP contribution in [0.1, 0.15) is 20.3 Å². The second-order valence-electron chi connectivity index (χ2n) is 2.71. The van der Waals surface area contributed by atoms with Crippen molar-refractivity contribution in [1.29, 1.82) is 0 Å². The quantitative estimate of drug-likeness (QED) is 0.513. The highest BCUT2D eigenvalue weighted by atomic mass is 16.7. The van der Waals surface area contributed by atoms with E-state index in [0.717, 1.165) is 6.42 Å². The van der Waals surface area contributed by atoms with E-state index in [1.54, 1.807) is 0 Å². The van der Waals surface area contributed by atoms with Crippen LogP contribution in [0.5, 0.6) is 0 Å². The van der Waals surface area contributed by atoms with Gasteiger partial charge in [0.1, 0.15) is 0 Å². The molecule has 3 heteroatoms. The van der Waals surface area contributed by atoms with Gasteiger partial charge >= 0.3 is 5.97 Å². The molecule has 1 heterocycles. The molecule has 0 aromatic heterocycles. The van der Waals surface area contributed by atoms with E-state index in [0.29, 0.717) is 12.5 Å². The Bertz CT molecular complexity index is 133. The average Bonchev–Trinajstić information content (AvgIpc) is 2.13. The third-order valence-corrected chi connectivity index (χ3v) is 1.46. The maximum absolute atomic E-state index is 10.4. The van der Waals surface area contributed by atoms with Gasteiger partial charge in [-0.2, -0.15) is 0 Å². The molecule has 0 bridgehead atoms. The van der Waals surface area contributed by atoms with E-state index >= 15 is 0 Å². The van der Waals surface area contributed by atoms with Crippen LogP contribution in [0.25, 0.3) is 0 Å². The normalized spacial score (nSPS) is 32.2. The molecule has 2 atom stereocenters. The molecular weight excluding hydrogens is 132 g/mol. The maximum atomic E-state index is 10.4. The van der Waals surface area contributed by atoms with Crippen molar-refractivity contribution in [2.45, 2.75) is 26.6 Å². The molecule has 0 amide bonds. The van der Waals surface area contributed by atoms with Gasteiger partial charge in [0, 0.05) is 13.3 Å². The van der Waals surface area contributed by atoms with E-state index in [1.165, 1.54) is 6.92 Å². The minimum Gasteiger partial charge on any atom is -0.436 e. The molecule has 0 N–H and O–H groups in total. The highest BCUT2D eigenvalue weighted by Gasteiger charge is 2.23. The smallest absolute Gasteiger partial charge is 0.304 e. The molecule has 1 aliphatic rings. The number of carbonyl (C=O) groups excluding carboxylic acids is 1. The molecule has 0 spiro atoms. The Morgan fingerprint density at radius 3 is 2.80 bits per heavy atom. The first-order valence-electron chi connectivity index (χ1n) is 3.47. The van der Waals surface area contributed by atoms with Crippen molar-refractivity contribution < 1.29 is 14.3 Å². The zero-order valence-corrected chi connectivity index (χ0v) is 6.29. The molecule has 2 unspecified atom stereocenters. The summed E-state index contributed by atoms with van der Waals surface area (Å²) in [6, 6.07) is 0. The van der Waals surface area contributed by atoms with Crippen molar-refractivity contribution in [3.63, 3.8) is 0 Å². The summed E-state index contributed by atoms with van der Waals surface area (Å²) in [4.78, 5) is 10.4. The van der Waals surface area contributed by atoms with Crippen LogP contribution in [0.3, 0.4) is 0 Å². The van der Waals surface area contributed by atoms with Gasteiger partial charge in [-0.25, -0.2) is 0 Å². The Morgan fingerprint density at radius 2 is 2.40 bits per heavy atom. The largest absolute Gasteiger partial charge is 0.436 e. The summed E-state index contributed by atoms with van der Waals surface area (Å²) in [6.45, 7) is 4.17. The third kappa shape index (κ3) is 1.99. The van der Waals surface area contributed by atoms with Gasteiger partial charge in [-0.05, 0) is 5.92 Å². The van der Waals surface area contributed by atoms with Gasteiger partial charge in [-0.15, -0.1) is 0 Å². The SMILES string of the molecule is CC(=O)OC1CC(C)CO1. The van der Waals surface area contributed by atoms with Crippen LogP contribution in [0.15, 0.2) is 0 Å². The molecule has 1 saturated heterocycles. The number of esters is 1. The number of ether oxygens (including phenoxy) is 2. The summed E-state index contributed by atoms with van der Waals surface area (Å²) in [7, 11) is 0. The van der Waals surface area contributed by atoms with Crippen molar-refractivity contribution >= 4 is 5.97 Å². The molecule has 0 radical (unpaired) electrons. The van der Waals surface area contributed by atoms with Gasteiger partial charge in [-0.3, -0.25) is 4.79 Å². The molecule has 1 fully saturated rings. The topological polar surface area (TPSA) is 35.5 Å². The van der Waals surface area contributed by atoms with Crippen molar-refractivity contribution in [3.8, 4) is 0 Å². The number of rotatable bonds is 1. The number of carbonyl (C=O) groups is 1. The fraction of sp³-hybridized carbons (Fsp3) is 0.857. The summed E-state index contributed by atoms with van der Waals surface area (Å²) >= 11 is 0. The van der Waals surface area contributed by atoms with Gasteiger partial charge in [0.25, 0.3) is 0 Å². The highest BCUT2D eigenvalue weighted by molar-refractivity contribution is 5.66. The average molecular weight is 144 g/mol. The monoisotopic (exact) mass is 144 g/mol. The van der Waals surface area contributed by atoms with Crippen LogP contribution in [0.2, 0.25) is 0 Å². The van der Waals surface area contributed by atoms with Crippen molar-refractivity contribution in [2.75, 3.05) is 6.61 Å². The molecule has 1 rings (SSSR count). The molecule has 0 aromatic rings. The van der Waals surface area contributed by atoms with Crippen LogP contribution in [0, 0.1) is 5.92 Å². The minimum atomic E-state index is -0.285. The summed E-state index contributed by atoms with van der Waals surface area (Å²) in [5, 5.41) is 0. The van der Waals surface area contributed by atoms with Crippen LogP contribution < -0.4 is 0 Å². The zero-order valence-electron chi connectivity index (χ0n) is 6.29. The summed E-state index contributed by atoms with van der Waals surface area (Å²) in [6.07, 6.45) is 0.548. The Morgan fingerprint density at radius 1 is 1.70 bits per heavy atom. The highest BCUT2D eigenvalue weighted by Crippen LogP contribution is 2.19. The van der Waals surface area contributed by atoms with Crippen LogP contribution in [0.4, 0.5) is 0 Å². The molecular formula is C7H12O3. The van der Waals surface area contributed by atoms with E-state index in [2.05, 4.69) is 6.92 Å². The van der Waals surface area contributed by atoms with Crippen LogP contribution in [-0.2, 0) is 14.3 Å². The number of hydrogen-bond acceptors (Lipinski definition) is 3. The fourth-order valence-electron chi connectivity index (χ4n) is 1.00. The lowest BCUT2D eigenvalue weighted by Crippen LogP contribution is -2.13. The standard InChI is InChI=1S/C7H12O3/c1-5-3-7(9-4-5)10-6(2)8/h5,7H,3-4H2,1-2H3. The molecule has 0 aromatic carbocycles. The molecule has 1 aliphatic heterocycles. The Hall–Kier alpha value is -0.570. The van der Waals surface area contributed by atoms with E-state index in [1.807, 2.05) is 0 Å². The van der Waals surface area contributed by atoms with Crippen molar-refractivity contribution in [3.05, 3.63) is 0 Å². The van der Waals surface area contributed by atoms with E-state index in [9.17, 15) is 4.79 Å². The summed E-state index contributed by atoms with van der Waals surface area (Å²) < 4.78 is 9.95. The van der Waals surface area contributed by atoms with Crippen LogP contribution in [-0.4, -0.2) is 18.9 Å². The van der Waals surface area contributed by atoms with Gasteiger partial charge in [0.2, 0.25) is 6.29 Å². The molecule has 0 saturated carbocycles. The predicted molar refractivity (Wildman–Crippen MR) is 35.3 cm³/mol. The maximum Gasteiger partial charge on any atom is 0.304 e. The van der Waals surface area contributed by atoms with E-state index in [-0.39, 0.29) is 12.3 Å². The second-order valence-corrected chi connectivity index (χ2v) is 2.71. The van der Waals surface area contributed by atoms with E-state index in [4.69, 9.17) is 9.47 Å². The lowest BCUT2D eigenvalue weighted by molar-refractivity contribution is -0.166. The minimum absolute atomic E-state index is 0.265. The second kappa shape index (κ2) is 3.01. The lowest BCUT2D eigenvalue weighted by atomic mass is 10.1. The Balaban J connectivity index is 2.24. The zero-order chi connectivity index (χ0) is 7.56. The predicted octanol–water partition coefficient (Wildman–Crippen LogP) is 0.932. The van der Waals surface area contributed by atoms with Crippen LogP contribution >= 0.6 is 0 Å². The van der Waals surface area contributed by atoms with Gasteiger partial charge in [0.15, 0.2) is 0 Å². The summed E-state index contributed by atoms with van der Waals surface area (Å²) in [5.41, 5.74) is 0. The fourth-order valence-corrected chi connectivity index (χ4v) is 1.00. The van der Waals surface area contributed by atoms with E-state index < -0.39 is 0 Å². The first kappa shape index (κ1) is 7.54. The first-order valence-corrected chi connectivity index (χ1v) is 3.47. The van der Waals surface area contributed by atoms with Crippen molar-refractivity contribution in [2.24, 2.45) is 5.92 Å². The summed E-state index contributed by atoms with van der Waals surface area (Å²) in [5.74, 6) is 0.253. The molecule has 58 valence electrons. The van der Waals surface area contributed by atoms with Crippen molar-refractivity contribution in [1.82, 2.24) is 0 Å². The first-order chi connectivity index (χ1) is 4.68. The van der Waals surface area contributed by atoms with Gasteiger partial charge in [0.05, 0.1) is 6.61 Å². The molecule has 10 heavy (non-hydrogen) atoms.